The summed E-state index contributed by atoms with van der Waals surface area (Å²) in [6, 6.07) is 6.81. The second-order valence-electron chi connectivity index (χ2n) is 6.68. The molecule has 28 heavy (non-hydrogen) atoms. The van der Waals surface area contributed by atoms with Gasteiger partial charge in [-0.1, -0.05) is 37.5 Å². The number of amides is 3. The molecule has 1 fully saturated rings. The van der Waals surface area contributed by atoms with Gasteiger partial charge in [0.15, 0.2) is 6.10 Å². The second kappa shape index (κ2) is 11.1. The van der Waals surface area contributed by atoms with Crippen LogP contribution in [-0.2, 0) is 14.3 Å². The van der Waals surface area contributed by atoms with Gasteiger partial charge in [0.25, 0.3) is 5.91 Å². The summed E-state index contributed by atoms with van der Waals surface area (Å²) in [5.74, 6) is -0.689. The number of para-hydroxylation sites is 1. The maximum absolute atomic E-state index is 12.1. The number of rotatable bonds is 7. The van der Waals surface area contributed by atoms with E-state index in [2.05, 4.69) is 10.6 Å². The van der Waals surface area contributed by atoms with E-state index >= 15 is 0 Å². The molecular weight excluding hydrogens is 360 g/mol. The quantitative estimate of drug-likeness (QED) is 0.553. The third kappa shape index (κ3) is 7.06. The number of hydrogen-bond donors (Lipinski definition) is 2. The smallest absolute Gasteiger partial charge is 0.331 e. The number of nitrogens with one attached hydrogen (secondary N) is 2. The average molecular weight is 388 g/mol. The zero-order chi connectivity index (χ0) is 20.4. The van der Waals surface area contributed by atoms with Crippen LogP contribution in [0, 0.1) is 0 Å². The first kappa shape index (κ1) is 21.5. The summed E-state index contributed by atoms with van der Waals surface area (Å²) in [7, 11) is 0. The Kier molecular flexibility index (Phi) is 8.52. The molecule has 1 aliphatic carbocycles. The van der Waals surface area contributed by atoms with Crippen LogP contribution in [0.4, 0.5) is 4.79 Å². The fourth-order valence-electron chi connectivity index (χ4n) is 3.01. The van der Waals surface area contributed by atoms with Crippen LogP contribution in [0.3, 0.4) is 0 Å². The van der Waals surface area contributed by atoms with Gasteiger partial charge in [-0.2, -0.15) is 0 Å². The van der Waals surface area contributed by atoms with Gasteiger partial charge in [0.05, 0.1) is 6.61 Å². The molecule has 1 saturated carbocycles. The van der Waals surface area contributed by atoms with Gasteiger partial charge in [0.1, 0.15) is 5.75 Å². The number of hydrogen-bond acceptors (Lipinski definition) is 5. The molecule has 1 atom stereocenters. The second-order valence-corrected chi connectivity index (χ2v) is 6.68. The van der Waals surface area contributed by atoms with Crippen molar-refractivity contribution in [2.24, 2.45) is 0 Å². The van der Waals surface area contributed by atoms with Crippen LogP contribution in [-0.4, -0.2) is 36.7 Å². The van der Waals surface area contributed by atoms with Crippen LogP contribution < -0.4 is 15.4 Å². The predicted octanol–water partition coefficient (Wildman–Crippen LogP) is 3.19. The SMILES string of the molecule is CCOc1ccccc1/C=C/C(=O)O[C@H](C)C(=O)NC(=O)NC1CCCCC1. The zero-order valence-electron chi connectivity index (χ0n) is 16.4. The number of urea groups is 1. The Hall–Kier alpha value is -2.83. The molecule has 1 aromatic rings. The van der Waals surface area contributed by atoms with Crippen LogP contribution in [0.5, 0.6) is 5.75 Å². The van der Waals surface area contributed by atoms with Gasteiger partial charge in [0.2, 0.25) is 0 Å². The maximum Gasteiger partial charge on any atom is 0.331 e. The topological polar surface area (TPSA) is 93.7 Å². The molecule has 0 heterocycles. The summed E-state index contributed by atoms with van der Waals surface area (Å²) in [6.45, 7) is 3.80. The van der Waals surface area contributed by atoms with E-state index < -0.39 is 24.0 Å². The summed E-state index contributed by atoms with van der Waals surface area (Å²) in [5.41, 5.74) is 0.727. The molecule has 7 nitrogen and oxygen atoms in total. The van der Waals surface area contributed by atoms with E-state index in [1.165, 1.54) is 19.4 Å². The zero-order valence-corrected chi connectivity index (χ0v) is 16.4. The fraction of sp³-hybridized carbons (Fsp3) is 0.476. The van der Waals surface area contributed by atoms with Crippen molar-refractivity contribution in [3.05, 3.63) is 35.9 Å². The molecule has 0 unspecified atom stereocenters. The number of carbonyl (C=O) groups is 3. The van der Waals surface area contributed by atoms with Crippen molar-refractivity contribution in [1.82, 2.24) is 10.6 Å². The highest BCUT2D eigenvalue weighted by Crippen LogP contribution is 2.19. The molecule has 0 radical (unpaired) electrons. The third-order valence-electron chi connectivity index (χ3n) is 4.46. The standard InChI is InChI=1S/C21H28N2O5/c1-3-27-18-12-8-7-9-16(18)13-14-19(24)28-15(2)20(25)23-21(26)22-17-10-5-4-6-11-17/h7-9,12-15,17H,3-6,10-11H2,1-2H3,(H2,22,23,25,26)/b14-13+/t15-/m1/s1. The van der Waals surface area contributed by atoms with Crippen molar-refractivity contribution in [1.29, 1.82) is 0 Å². The monoisotopic (exact) mass is 388 g/mol. The number of benzene rings is 1. The Morgan fingerprint density at radius 3 is 2.61 bits per heavy atom. The summed E-state index contributed by atoms with van der Waals surface area (Å²) in [6.07, 6.45) is 6.86. The number of ether oxygens (including phenoxy) is 2. The van der Waals surface area contributed by atoms with Gasteiger partial charge in [-0.15, -0.1) is 0 Å². The Balaban J connectivity index is 1.80. The summed E-state index contributed by atoms with van der Waals surface area (Å²) in [5, 5.41) is 5.01. The van der Waals surface area contributed by atoms with E-state index in [-0.39, 0.29) is 6.04 Å². The van der Waals surface area contributed by atoms with Gasteiger partial charge in [-0.3, -0.25) is 10.1 Å². The first-order valence-electron chi connectivity index (χ1n) is 9.71. The molecule has 1 aromatic carbocycles. The van der Waals surface area contributed by atoms with E-state index in [4.69, 9.17) is 9.47 Å². The van der Waals surface area contributed by atoms with Crippen molar-refractivity contribution in [2.45, 2.75) is 58.1 Å². The normalized spacial score (nSPS) is 15.6. The van der Waals surface area contributed by atoms with E-state index in [0.717, 1.165) is 31.2 Å². The molecule has 0 saturated heterocycles. The van der Waals surface area contributed by atoms with Crippen molar-refractivity contribution in [3.8, 4) is 5.75 Å². The highest BCUT2D eigenvalue weighted by Gasteiger charge is 2.21. The first-order chi connectivity index (χ1) is 13.5. The van der Waals surface area contributed by atoms with Crippen LogP contribution in [0.15, 0.2) is 30.3 Å². The van der Waals surface area contributed by atoms with E-state index in [1.54, 1.807) is 18.2 Å². The van der Waals surface area contributed by atoms with E-state index in [9.17, 15) is 14.4 Å². The van der Waals surface area contributed by atoms with Crippen molar-refractivity contribution < 1.29 is 23.9 Å². The van der Waals surface area contributed by atoms with Crippen LogP contribution in [0.2, 0.25) is 0 Å². The van der Waals surface area contributed by atoms with Crippen LogP contribution >= 0.6 is 0 Å². The summed E-state index contributed by atoms with van der Waals surface area (Å²) < 4.78 is 10.5. The summed E-state index contributed by atoms with van der Waals surface area (Å²) in [4.78, 5) is 35.9. The maximum atomic E-state index is 12.1. The Bertz CT molecular complexity index is 711. The van der Waals surface area contributed by atoms with Crippen LogP contribution in [0.1, 0.15) is 51.5 Å². The third-order valence-corrected chi connectivity index (χ3v) is 4.46. The molecule has 3 amide bonds. The first-order valence-corrected chi connectivity index (χ1v) is 9.71. The number of carbonyl (C=O) groups excluding carboxylic acids is 3. The number of imide groups is 1. The van der Waals surface area contributed by atoms with Crippen molar-refractivity contribution >= 4 is 24.0 Å². The van der Waals surface area contributed by atoms with E-state index in [1.807, 2.05) is 19.1 Å². The number of esters is 1. The molecule has 2 N–H and O–H groups in total. The molecule has 0 aromatic heterocycles. The lowest BCUT2D eigenvalue weighted by Gasteiger charge is -2.23. The van der Waals surface area contributed by atoms with Gasteiger partial charge in [-0.05, 0) is 38.8 Å². The molecular formula is C21H28N2O5. The highest BCUT2D eigenvalue weighted by atomic mass is 16.5. The lowest BCUT2D eigenvalue weighted by molar-refractivity contribution is -0.149. The van der Waals surface area contributed by atoms with Crippen molar-refractivity contribution in [2.75, 3.05) is 6.61 Å². The van der Waals surface area contributed by atoms with Gasteiger partial charge in [-0.25, -0.2) is 9.59 Å². The minimum atomic E-state index is -1.09. The molecule has 0 aliphatic heterocycles. The van der Waals surface area contributed by atoms with Gasteiger partial charge < -0.3 is 14.8 Å². The largest absolute Gasteiger partial charge is 0.493 e. The molecule has 152 valence electrons. The van der Waals surface area contributed by atoms with Crippen molar-refractivity contribution in [3.63, 3.8) is 0 Å². The molecule has 7 heteroatoms. The lowest BCUT2D eigenvalue weighted by Crippen LogP contribution is -2.48. The Morgan fingerprint density at radius 2 is 1.89 bits per heavy atom. The molecule has 2 rings (SSSR count). The Morgan fingerprint density at radius 1 is 1.18 bits per heavy atom. The highest BCUT2D eigenvalue weighted by molar-refractivity contribution is 5.98. The molecule has 0 spiro atoms. The minimum Gasteiger partial charge on any atom is -0.493 e. The predicted molar refractivity (Wildman–Crippen MR) is 106 cm³/mol. The Labute approximate surface area is 165 Å². The average Bonchev–Trinajstić information content (AvgIpc) is 2.68. The molecule has 0 bridgehead atoms. The lowest BCUT2D eigenvalue weighted by atomic mass is 9.96. The summed E-state index contributed by atoms with van der Waals surface area (Å²) >= 11 is 0. The van der Waals surface area contributed by atoms with Crippen LogP contribution in [0.25, 0.3) is 6.08 Å². The van der Waals surface area contributed by atoms with Gasteiger partial charge >= 0.3 is 12.0 Å². The molecule has 1 aliphatic rings. The van der Waals surface area contributed by atoms with E-state index in [0.29, 0.717) is 12.4 Å². The van der Waals surface area contributed by atoms with Gasteiger partial charge in [0, 0.05) is 17.7 Å². The fourth-order valence-corrected chi connectivity index (χ4v) is 3.01. The minimum absolute atomic E-state index is 0.0905.